The predicted octanol–water partition coefficient (Wildman–Crippen LogP) is 3.46. The molecule has 1 aliphatic rings. The maximum atomic E-state index is 4.41. The van der Waals surface area contributed by atoms with Gasteiger partial charge in [0.25, 0.3) is 0 Å². The van der Waals surface area contributed by atoms with Crippen molar-refractivity contribution in [2.75, 3.05) is 26.0 Å². The van der Waals surface area contributed by atoms with Gasteiger partial charge >= 0.3 is 0 Å². The van der Waals surface area contributed by atoms with Crippen LogP contribution in [0.2, 0.25) is 0 Å². The quantitative estimate of drug-likeness (QED) is 0.849. The zero-order valence-electron chi connectivity index (χ0n) is 13.4. The van der Waals surface area contributed by atoms with E-state index in [9.17, 15) is 0 Å². The Morgan fingerprint density at radius 2 is 1.95 bits per heavy atom. The summed E-state index contributed by atoms with van der Waals surface area (Å²) >= 11 is 0. The molecule has 0 bridgehead atoms. The fourth-order valence-corrected chi connectivity index (χ4v) is 2.63. The van der Waals surface area contributed by atoms with Gasteiger partial charge in [-0.2, -0.15) is 0 Å². The number of nitrogens with one attached hydrogen (secondary N) is 1. The molecule has 0 unspecified atom stereocenters. The van der Waals surface area contributed by atoms with Gasteiger partial charge in [0.15, 0.2) is 0 Å². The van der Waals surface area contributed by atoms with Crippen molar-refractivity contribution in [2.24, 2.45) is 0 Å². The van der Waals surface area contributed by atoms with Gasteiger partial charge < -0.3 is 10.2 Å². The maximum Gasteiger partial charge on any atom is 0.130 e. The monoisotopic (exact) mass is 296 g/mol. The summed E-state index contributed by atoms with van der Waals surface area (Å²) < 4.78 is 0. The molecule has 1 fully saturated rings. The standard InChI is InChI=1S/C18H24N4/c1-22(2)11-10-16(14-6-4-3-5-7-14)21-18-12-17(15-8-9-15)19-13-20-18/h3-7,12-13,15-16H,8-11H2,1-2H3,(H,19,20,21)/t16-/m1/s1. The first-order valence-corrected chi connectivity index (χ1v) is 8.00. The van der Waals surface area contributed by atoms with Gasteiger partial charge in [0, 0.05) is 17.7 Å². The summed E-state index contributed by atoms with van der Waals surface area (Å²) in [4.78, 5) is 11.0. The number of benzene rings is 1. The molecule has 22 heavy (non-hydrogen) atoms. The molecule has 0 aliphatic heterocycles. The molecule has 1 heterocycles. The van der Waals surface area contributed by atoms with E-state index in [0.29, 0.717) is 5.92 Å². The van der Waals surface area contributed by atoms with Crippen molar-refractivity contribution in [1.82, 2.24) is 14.9 Å². The summed E-state index contributed by atoms with van der Waals surface area (Å²) in [7, 11) is 4.22. The van der Waals surface area contributed by atoms with Crippen molar-refractivity contribution in [3.63, 3.8) is 0 Å². The number of nitrogens with zero attached hydrogens (tertiary/aromatic N) is 3. The van der Waals surface area contributed by atoms with Crippen molar-refractivity contribution in [2.45, 2.75) is 31.2 Å². The van der Waals surface area contributed by atoms with Crippen molar-refractivity contribution in [3.8, 4) is 0 Å². The van der Waals surface area contributed by atoms with Crippen LogP contribution in [0.1, 0.15) is 42.5 Å². The van der Waals surface area contributed by atoms with Crippen LogP contribution in [-0.2, 0) is 0 Å². The zero-order valence-corrected chi connectivity index (χ0v) is 13.4. The molecule has 0 spiro atoms. The number of hydrogen-bond acceptors (Lipinski definition) is 4. The maximum absolute atomic E-state index is 4.41. The van der Waals surface area contributed by atoms with Crippen LogP contribution < -0.4 is 5.32 Å². The SMILES string of the molecule is CN(C)CC[C@@H](Nc1cc(C2CC2)ncn1)c1ccccc1. The fourth-order valence-electron chi connectivity index (χ4n) is 2.63. The van der Waals surface area contributed by atoms with Gasteiger partial charge in [0.2, 0.25) is 0 Å². The third-order valence-corrected chi connectivity index (χ3v) is 4.07. The molecule has 0 amide bonds. The van der Waals surface area contributed by atoms with Crippen molar-refractivity contribution < 1.29 is 0 Å². The highest BCUT2D eigenvalue weighted by Gasteiger charge is 2.25. The van der Waals surface area contributed by atoms with Gasteiger partial charge in [-0.15, -0.1) is 0 Å². The molecular weight excluding hydrogens is 272 g/mol. The van der Waals surface area contributed by atoms with Crippen LogP contribution in [0.25, 0.3) is 0 Å². The number of rotatable bonds is 7. The molecule has 1 atom stereocenters. The molecule has 3 rings (SSSR count). The summed E-state index contributed by atoms with van der Waals surface area (Å²) in [5.41, 5.74) is 2.48. The van der Waals surface area contributed by atoms with Gasteiger partial charge in [-0.1, -0.05) is 30.3 Å². The summed E-state index contributed by atoms with van der Waals surface area (Å²) in [6.45, 7) is 1.03. The summed E-state index contributed by atoms with van der Waals surface area (Å²) in [5.74, 6) is 1.59. The lowest BCUT2D eigenvalue weighted by Gasteiger charge is -2.22. The Bertz CT molecular complexity index is 593. The van der Waals surface area contributed by atoms with E-state index in [1.54, 1.807) is 6.33 Å². The molecule has 1 aromatic carbocycles. The number of anilines is 1. The molecule has 4 heteroatoms. The highest BCUT2D eigenvalue weighted by Crippen LogP contribution is 2.39. The van der Waals surface area contributed by atoms with E-state index >= 15 is 0 Å². The van der Waals surface area contributed by atoms with E-state index in [0.717, 1.165) is 18.8 Å². The van der Waals surface area contributed by atoms with Gasteiger partial charge in [-0.25, -0.2) is 9.97 Å². The zero-order chi connectivity index (χ0) is 15.4. The first-order valence-electron chi connectivity index (χ1n) is 8.00. The second kappa shape index (κ2) is 6.88. The molecule has 1 aromatic heterocycles. The molecule has 1 aliphatic carbocycles. The average molecular weight is 296 g/mol. The van der Waals surface area contributed by atoms with Gasteiger partial charge in [-0.3, -0.25) is 0 Å². The molecular formula is C18H24N4. The minimum atomic E-state index is 0.269. The van der Waals surface area contributed by atoms with E-state index in [4.69, 9.17) is 0 Å². The van der Waals surface area contributed by atoms with Crippen molar-refractivity contribution in [1.29, 1.82) is 0 Å². The van der Waals surface area contributed by atoms with Crippen LogP contribution in [0, 0.1) is 0 Å². The van der Waals surface area contributed by atoms with E-state index in [1.165, 1.54) is 24.1 Å². The molecule has 0 radical (unpaired) electrons. The smallest absolute Gasteiger partial charge is 0.130 e. The lowest BCUT2D eigenvalue weighted by atomic mass is 10.0. The third kappa shape index (κ3) is 4.04. The van der Waals surface area contributed by atoms with Crippen molar-refractivity contribution >= 4 is 5.82 Å². The second-order valence-corrected chi connectivity index (χ2v) is 6.30. The summed E-state index contributed by atoms with van der Waals surface area (Å²) in [6, 6.07) is 13.0. The van der Waals surface area contributed by atoms with Crippen LogP contribution in [0.5, 0.6) is 0 Å². The Hall–Kier alpha value is -1.94. The average Bonchev–Trinajstić information content (AvgIpc) is 3.37. The Kier molecular flexibility index (Phi) is 4.68. The molecule has 1 N–H and O–H groups in total. The van der Waals surface area contributed by atoms with Crippen LogP contribution in [0.15, 0.2) is 42.7 Å². The fraction of sp³-hybridized carbons (Fsp3) is 0.444. The Morgan fingerprint density at radius 3 is 2.64 bits per heavy atom. The van der Waals surface area contributed by atoms with E-state index in [2.05, 4.69) is 70.7 Å². The number of hydrogen-bond donors (Lipinski definition) is 1. The van der Waals surface area contributed by atoms with Crippen LogP contribution in [0.3, 0.4) is 0 Å². The highest BCUT2D eigenvalue weighted by atomic mass is 15.1. The van der Waals surface area contributed by atoms with E-state index in [-0.39, 0.29) is 6.04 Å². The van der Waals surface area contributed by atoms with Gasteiger partial charge in [0.1, 0.15) is 12.1 Å². The normalized spacial score (nSPS) is 15.8. The van der Waals surface area contributed by atoms with Crippen LogP contribution in [-0.4, -0.2) is 35.5 Å². The molecule has 116 valence electrons. The van der Waals surface area contributed by atoms with Gasteiger partial charge in [-0.05, 0) is 45.5 Å². The minimum absolute atomic E-state index is 0.269. The Labute approximate surface area is 132 Å². The summed E-state index contributed by atoms with van der Waals surface area (Å²) in [5, 5.41) is 3.60. The second-order valence-electron chi connectivity index (χ2n) is 6.30. The van der Waals surface area contributed by atoms with Crippen LogP contribution >= 0.6 is 0 Å². The Morgan fingerprint density at radius 1 is 1.18 bits per heavy atom. The van der Waals surface area contributed by atoms with E-state index < -0.39 is 0 Å². The van der Waals surface area contributed by atoms with Crippen LogP contribution in [0.4, 0.5) is 5.82 Å². The van der Waals surface area contributed by atoms with E-state index in [1.807, 2.05) is 0 Å². The lowest BCUT2D eigenvalue weighted by Crippen LogP contribution is -2.20. The molecule has 1 saturated carbocycles. The third-order valence-electron chi connectivity index (χ3n) is 4.07. The van der Waals surface area contributed by atoms with Gasteiger partial charge in [0.05, 0.1) is 6.04 Å². The first-order chi connectivity index (χ1) is 10.7. The lowest BCUT2D eigenvalue weighted by molar-refractivity contribution is 0.388. The largest absolute Gasteiger partial charge is 0.363 e. The topological polar surface area (TPSA) is 41.0 Å². The minimum Gasteiger partial charge on any atom is -0.363 e. The molecule has 2 aromatic rings. The molecule has 4 nitrogen and oxygen atoms in total. The molecule has 0 saturated heterocycles. The number of aromatic nitrogens is 2. The predicted molar refractivity (Wildman–Crippen MR) is 90.0 cm³/mol. The van der Waals surface area contributed by atoms with Crippen molar-refractivity contribution in [3.05, 3.63) is 54.0 Å². The first kappa shape index (κ1) is 15.0. The Balaban J connectivity index is 1.75. The highest BCUT2D eigenvalue weighted by molar-refractivity contribution is 5.40. The summed E-state index contributed by atoms with van der Waals surface area (Å²) in [6.07, 6.45) is 5.25.